The molecule has 0 aliphatic rings. The van der Waals surface area contributed by atoms with E-state index in [0.717, 1.165) is 39.1 Å². The molecule has 0 atom stereocenters. The molecule has 5 heteroatoms. The fourth-order valence-corrected chi connectivity index (χ4v) is 8.51. The Bertz CT molecular complexity index is 2810. The number of hydrogen-bond acceptors (Lipinski definition) is 5. The molecule has 0 aliphatic heterocycles. The van der Waals surface area contributed by atoms with E-state index in [2.05, 4.69) is 163 Å². The number of hydrogen-bond donors (Lipinski definition) is 0. The molecule has 2 aromatic heterocycles. The molecule has 10 rings (SSSR count). The number of anilines is 3. The van der Waals surface area contributed by atoms with Gasteiger partial charge in [0, 0.05) is 53.9 Å². The van der Waals surface area contributed by atoms with E-state index in [0.29, 0.717) is 17.5 Å². The monoisotopic (exact) mass is 708 g/mol. The fraction of sp³-hybridized carbons (Fsp3) is 0. The molecule has 0 N–H and O–H groups in total. The number of aromatic nitrogens is 3. The zero-order valence-electron chi connectivity index (χ0n) is 29.2. The summed E-state index contributed by atoms with van der Waals surface area (Å²) in [5.41, 5.74) is 8.61. The maximum Gasteiger partial charge on any atom is 0.165 e. The highest BCUT2D eigenvalue weighted by molar-refractivity contribution is 7.26. The zero-order chi connectivity index (χ0) is 35.8. The summed E-state index contributed by atoms with van der Waals surface area (Å²) in [6.07, 6.45) is 0. The quantitative estimate of drug-likeness (QED) is 0.165. The number of rotatable bonds is 7. The van der Waals surface area contributed by atoms with Crippen molar-refractivity contribution in [2.75, 3.05) is 4.90 Å². The van der Waals surface area contributed by atoms with Crippen molar-refractivity contribution in [3.8, 4) is 45.3 Å². The predicted octanol–water partition coefficient (Wildman–Crippen LogP) is 13.5. The first-order chi connectivity index (χ1) is 26.8. The van der Waals surface area contributed by atoms with Gasteiger partial charge in [-0.05, 0) is 76.5 Å². The van der Waals surface area contributed by atoms with Crippen LogP contribution in [-0.4, -0.2) is 15.0 Å². The highest BCUT2D eigenvalue weighted by Crippen LogP contribution is 2.45. The molecule has 0 radical (unpaired) electrons. The average Bonchev–Trinajstić information content (AvgIpc) is 3.64. The van der Waals surface area contributed by atoms with Gasteiger partial charge < -0.3 is 4.90 Å². The van der Waals surface area contributed by atoms with Gasteiger partial charge in [-0.15, -0.1) is 11.3 Å². The van der Waals surface area contributed by atoms with Crippen molar-refractivity contribution < 1.29 is 0 Å². The Kier molecular flexibility index (Phi) is 7.97. The van der Waals surface area contributed by atoms with Crippen molar-refractivity contribution in [2.45, 2.75) is 0 Å². The largest absolute Gasteiger partial charge is 0.311 e. The molecular formula is C49H32N4S. The third-order valence-electron chi connectivity index (χ3n) is 9.89. The van der Waals surface area contributed by atoms with Gasteiger partial charge in [-0.3, -0.25) is 0 Å². The summed E-state index contributed by atoms with van der Waals surface area (Å²) < 4.78 is 2.39. The standard InChI is InChI=1S/C49H32N4S/c1-5-15-34(16-6-1)47-50-48(35-17-7-2-8-18-35)52-49(51-47)43-32-37-19-13-14-24-41(37)45-42-31-36(27-30-44(42)54-46(43)45)33-25-28-40(29-26-33)53(38-20-9-3-10-21-38)39-22-11-4-12-23-39/h1-32H. The van der Waals surface area contributed by atoms with Crippen molar-refractivity contribution in [3.05, 3.63) is 194 Å². The summed E-state index contributed by atoms with van der Waals surface area (Å²) in [4.78, 5) is 17.5. The highest BCUT2D eigenvalue weighted by Gasteiger charge is 2.20. The molecule has 8 aromatic carbocycles. The van der Waals surface area contributed by atoms with Gasteiger partial charge in [-0.1, -0.05) is 140 Å². The summed E-state index contributed by atoms with van der Waals surface area (Å²) in [5.74, 6) is 1.98. The molecule has 54 heavy (non-hydrogen) atoms. The highest BCUT2D eigenvalue weighted by atomic mass is 32.1. The van der Waals surface area contributed by atoms with Gasteiger partial charge in [0.25, 0.3) is 0 Å². The minimum absolute atomic E-state index is 0.658. The van der Waals surface area contributed by atoms with Gasteiger partial charge in [0.2, 0.25) is 0 Å². The third kappa shape index (κ3) is 5.77. The first-order valence-electron chi connectivity index (χ1n) is 18.0. The number of nitrogens with zero attached hydrogens (tertiary/aromatic N) is 4. The maximum atomic E-state index is 5.14. The van der Waals surface area contributed by atoms with E-state index < -0.39 is 0 Å². The molecule has 4 nitrogen and oxygen atoms in total. The smallest absolute Gasteiger partial charge is 0.165 e. The van der Waals surface area contributed by atoms with Crippen LogP contribution in [0.3, 0.4) is 0 Å². The lowest BCUT2D eigenvalue weighted by Crippen LogP contribution is -2.09. The maximum absolute atomic E-state index is 5.14. The summed E-state index contributed by atoms with van der Waals surface area (Å²) in [6, 6.07) is 68.0. The molecule has 0 saturated heterocycles. The van der Waals surface area contributed by atoms with Gasteiger partial charge in [0.1, 0.15) is 0 Å². The fourth-order valence-electron chi connectivity index (χ4n) is 7.31. The molecule has 0 spiro atoms. The van der Waals surface area contributed by atoms with Crippen molar-refractivity contribution in [3.63, 3.8) is 0 Å². The van der Waals surface area contributed by atoms with Crippen molar-refractivity contribution in [1.82, 2.24) is 15.0 Å². The lowest BCUT2D eigenvalue weighted by atomic mass is 9.97. The normalized spacial score (nSPS) is 11.3. The molecule has 254 valence electrons. The van der Waals surface area contributed by atoms with Crippen LogP contribution in [0.2, 0.25) is 0 Å². The van der Waals surface area contributed by atoms with E-state index in [1.807, 2.05) is 36.4 Å². The molecule has 2 heterocycles. The molecule has 10 aromatic rings. The first kappa shape index (κ1) is 31.8. The topological polar surface area (TPSA) is 41.9 Å². The minimum Gasteiger partial charge on any atom is -0.311 e. The van der Waals surface area contributed by atoms with Gasteiger partial charge in [0.15, 0.2) is 17.5 Å². The summed E-state index contributed by atoms with van der Waals surface area (Å²) in [7, 11) is 0. The second-order valence-corrected chi connectivity index (χ2v) is 14.3. The van der Waals surface area contributed by atoms with Crippen LogP contribution >= 0.6 is 11.3 Å². The van der Waals surface area contributed by atoms with E-state index >= 15 is 0 Å². The van der Waals surface area contributed by atoms with Gasteiger partial charge in [-0.25, -0.2) is 15.0 Å². The van der Waals surface area contributed by atoms with Gasteiger partial charge in [0.05, 0.1) is 0 Å². The van der Waals surface area contributed by atoms with Crippen LogP contribution in [0.25, 0.3) is 76.2 Å². The Morgan fingerprint density at radius 3 is 1.48 bits per heavy atom. The molecule has 0 unspecified atom stereocenters. The average molecular weight is 709 g/mol. The molecular weight excluding hydrogens is 677 g/mol. The van der Waals surface area contributed by atoms with Crippen LogP contribution in [0.5, 0.6) is 0 Å². The SMILES string of the molecule is c1ccc(-c2nc(-c3ccccc3)nc(-c3cc4ccccc4c4c3sc3ccc(-c5ccc(N(c6ccccc6)c6ccccc6)cc5)cc34)n2)cc1. The van der Waals surface area contributed by atoms with Gasteiger partial charge >= 0.3 is 0 Å². The van der Waals surface area contributed by atoms with Crippen molar-refractivity contribution in [1.29, 1.82) is 0 Å². The lowest BCUT2D eigenvalue weighted by molar-refractivity contribution is 1.08. The Balaban J connectivity index is 1.12. The van der Waals surface area contributed by atoms with E-state index in [1.165, 1.54) is 36.7 Å². The Morgan fingerprint density at radius 1 is 0.370 bits per heavy atom. The van der Waals surface area contributed by atoms with Crippen LogP contribution in [0.4, 0.5) is 17.1 Å². The van der Waals surface area contributed by atoms with E-state index in [4.69, 9.17) is 15.0 Å². The van der Waals surface area contributed by atoms with Crippen LogP contribution in [0.15, 0.2) is 194 Å². The summed E-state index contributed by atoms with van der Waals surface area (Å²) >= 11 is 1.80. The predicted molar refractivity (Wildman–Crippen MR) is 227 cm³/mol. The summed E-state index contributed by atoms with van der Waals surface area (Å²) in [6.45, 7) is 0. The lowest BCUT2D eigenvalue weighted by Gasteiger charge is -2.25. The van der Waals surface area contributed by atoms with E-state index in [9.17, 15) is 0 Å². The van der Waals surface area contributed by atoms with Crippen LogP contribution in [0.1, 0.15) is 0 Å². The number of para-hydroxylation sites is 2. The molecule has 0 bridgehead atoms. The first-order valence-corrected chi connectivity index (χ1v) is 18.8. The summed E-state index contributed by atoms with van der Waals surface area (Å²) in [5, 5.41) is 4.82. The van der Waals surface area contributed by atoms with Crippen LogP contribution in [-0.2, 0) is 0 Å². The van der Waals surface area contributed by atoms with E-state index in [1.54, 1.807) is 11.3 Å². The number of thiophene rings is 1. The Labute approximate surface area is 317 Å². The van der Waals surface area contributed by atoms with Crippen molar-refractivity contribution in [2.24, 2.45) is 0 Å². The van der Waals surface area contributed by atoms with Gasteiger partial charge in [-0.2, -0.15) is 0 Å². The second kappa shape index (κ2) is 13.6. The number of benzene rings is 8. The Morgan fingerprint density at radius 2 is 0.870 bits per heavy atom. The minimum atomic E-state index is 0.658. The third-order valence-corrected chi connectivity index (χ3v) is 11.1. The Hall–Kier alpha value is -6.95. The molecule has 0 amide bonds. The van der Waals surface area contributed by atoms with E-state index in [-0.39, 0.29) is 0 Å². The van der Waals surface area contributed by atoms with Crippen LogP contribution in [0, 0.1) is 0 Å². The van der Waals surface area contributed by atoms with Crippen molar-refractivity contribution >= 4 is 59.3 Å². The molecule has 0 saturated carbocycles. The zero-order valence-corrected chi connectivity index (χ0v) is 30.0. The molecule has 0 fully saturated rings. The molecule has 0 aliphatic carbocycles. The van der Waals surface area contributed by atoms with Crippen LogP contribution < -0.4 is 4.90 Å². The second-order valence-electron chi connectivity index (χ2n) is 13.3. The number of fused-ring (bicyclic) bond motifs is 5.